The Hall–Kier alpha value is -3.13. The van der Waals surface area contributed by atoms with E-state index in [0.717, 1.165) is 12.0 Å². The van der Waals surface area contributed by atoms with Crippen LogP contribution in [-0.2, 0) is 21.1 Å². The highest BCUT2D eigenvalue weighted by atomic mass is 32.2. The Bertz CT molecular complexity index is 1160. The number of nitrogens with one attached hydrogen (secondary N) is 1. The molecule has 1 aliphatic rings. The Kier molecular flexibility index (Phi) is 6.08. The molecule has 0 spiro atoms. The summed E-state index contributed by atoms with van der Waals surface area (Å²) in [5.41, 5.74) is 2.77. The van der Waals surface area contributed by atoms with E-state index >= 15 is 0 Å². The van der Waals surface area contributed by atoms with Gasteiger partial charge in [-0.1, -0.05) is 49.4 Å². The van der Waals surface area contributed by atoms with Crippen molar-refractivity contribution >= 4 is 21.6 Å². The SMILES string of the molecule is CCc1ccc(OCC(=O)Nc2cc(-c3ccccc3)nn2[C@H]2CCS(=O)(=O)C2)cc1. The normalized spacial score (nSPS) is 17.4. The van der Waals surface area contributed by atoms with Gasteiger partial charge in [-0.25, -0.2) is 13.1 Å². The van der Waals surface area contributed by atoms with Crippen LogP contribution in [0.5, 0.6) is 5.75 Å². The van der Waals surface area contributed by atoms with Crippen LogP contribution in [0.2, 0.25) is 0 Å². The van der Waals surface area contributed by atoms with E-state index in [1.165, 1.54) is 5.56 Å². The van der Waals surface area contributed by atoms with Gasteiger partial charge in [0.05, 0.1) is 23.2 Å². The topological polar surface area (TPSA) is 90.3 Å². The Labute approximate surface area is 182 Å². The van der Waals surface area contributed by atoms with E-state index in [-0.39, 0.29) is 30.1 Å². The van der Waals surface area contributed by atoms with E-state index < -0.39 is 9.84 Å². The van der Waals surface area contributed by atoms with Gasteiger partial charge < -0.3 is 10.1 Å². The van der Waals surface area contributed by atoms with E-state index in [9.17, 15) is 13.2 Å². The van der Waals surface area contributed by atoms with Crippen LogP contribution in [0, 0.1) is 0 Å². The van der Waals surface area contributed by atoms with Crippen molar-refractivity contribution in [1.29, 1.82) is 0 Å². The van der Waals surface area contributed by atoms with Crippen molar-refractivity contribution in [3.05, 3.63) is 66.2 Å². The van der Waals surface area contributed by atoms with Gasteiger partial charge in [-0.3, -0.25) is 4.79 Å². The van der Waals surface area contributed by atoms with E-state index in [4.69, 9.17) is 4.74 Å². The van der Waals surface area contributed by atoms with Gasteiger partial charge in [0.25, 0.3) is 5.91 Å². The van der Waals surface area contributed by atoms with Gasteiger partial charge in [-0.15, -0.1) is 0 Å². The number of hydrogen-bond donors (Lipinski definition) is 1. The molecule has 1 aromatic heterocycles. The molecule has 2 aromatic carbocycles. The average Bonchev–Trinajstić information content (AvgIpc) is 3.36. The maximum atomic E-state index is 12.6. The maximum absolute atomic E-state index is 12.6. The Morgan fingerprint density at radius 3 is 2.55 bits per heavy atom. The lowest BCUT2D eigenvalue weighted by Gasteiger charge is -2.14. The van der Waals surface area contributed by atoms with Crippen molar-refractivity contribution < 1.29 is 17.9 Å². The number of carbonyl (C=O) groups is 1. The Morgan fingerprint density at radius 2 is 1.90 bits per heavy atom. The minimum absolute atomic E-state index is 0.0199. The molecular formula is C23H25N3O4S. The van der Waals surface area contributed by atoms with Gasteiger partial charge >= 0.3 is 0 Å². The molecular weight excluding hydrogens is 414 g/mol. The third kappa shape index (κ3) is 5.14. The molecule has 0 bridgehead atoms. The summed E-state index contributed by atoms with van der Waals surface area (Å²) in [5.74, 6) is 0.902. The molecule has 1 saturated heterocycles. The first-order valence-corrected chi connectivity index (χ1v) is 12.1. The molecule has 3 aromatic rings. The van der Waals surface area contributed by atoms with Crippen LogP contribution in [0.1, 0.15) is 24.9 Å². The summed E-state index contributed by atoms with van der Waals surface area (Å²) in [6.07, 6.45) is 1.41. The predicted octanol–water partition coefficient (Wildman–Crippen LogP) is 3.49. The van der Waals surface area contributed by atoms with Crippen molar-refractivity contribution in [3.63, 3.8) is 0 Å². The lowest BCUT2D eigenvalue weighted by atomic mass is 10.1. The van der Waals surface area contributed by atoms with Crippen molar-refractivity contribution in [2.24, 2.45) is 0 Å². The van der Waals surface area contributed by atoms with Crippen molar-refractivity contribution in [3.8, 4) is 17.0 Å². The van der Waals surface area contributed by atoms with E-state index in [2.05, 4.69) is 17.3 Å². The summed E-state index contributed by atoms with van der Waals surface area (Å²) < 4.78 is 31.2. The number of rotatable bonds is 7. The summed E-state index contributed by atoms with van der Waals surface area (Å²) in [7, 11) is -3.09. The summed E-state index contributed by atoms with van der Waals surface area (Å²) >= 11 is 0. The zero-order valence-corrected chi connectivity index (χ0v) is 18.1. The first-order valence-electron chi connectivity index (χ1n) is 10.3. The zero-order chi connectivity index (χ0) is 21.8. The minimum Gasteiger partial charge on any atom is -0.484 e. The highest BCUT2D eigenvalue weighted by Crippen LogP contribution is 2.30. The van der Waals surface area contributed by atoms with Crippen LogP contribution in [0.3, 0.4) is 0 Å². The van der Waals surface area contributed by atoms with E-state index in [0.29, 0.717) is 23.7 Å². The van der Waals surface area contributed by atoms with Crippen molar-refractivity contribution in [1.82, 2.24) is 9.78 Å². The minimum atomic E-state index is -3.09. The average molecular weight is 440 g/mol. The summed E-state index contributed by atoms with van der Waals surface area (Å²) in [6.45, 7) is 1.92. The zero-order valence-electron chi connectivity index (χ0n) is 17.3. The second kappa shape index (κ2) is 8.93. The molecule has 0 unspecified atom stereocenters. The first-order chi connectivity index (χ1) is 14.9. The molecule has 1 aliphatic heterocycles. The number of sulfone groups is 1. The molecule has 0 aliphatic carbocycles. The van der Waals surface area contributed by atoms with Crippen LogP contribution < -0.4 is 10.1 Å². The molecule has 31 heavy (non-hydrogen) atoms. The summed E-state index contributed by atoms with van der Waals surface area (Å²) in [4.78, 5) is 12.6. The van der Waals surface area contributed by atoms with Crippen molar-refractivity contribution in [2.75, 3.05) is 23.4 Å². The van der Waals surface area contributed by atoms with Gasteiger partial charge in [-0.2, -0.15) is 5.10 Å². The van der Waals surface area contributed by atoms with Gasteiger partial charge in [0, 0.05) is 11.6 Å². The van der Waals surface area contributed by atoms with Crippen LogP contribution in [0.25, 0.3) is 11.3 Å². The Morgan fingerprint density at radius 1 is 1.16 bits per heavy atom. The maximum Gasteiger partial charge on any atom is 0.263 e. The summed E-state index contributed by atoms with van der Waals surface area (Å²) in [6, 6.07) is 18.7. The number of carbonyl (C=O) groups excluding carboxylic acids is 1. The van der Waals surface area contributed by atoms with Gasteiger partial charge in [-0.05, 0) is 30.5 Å². The molecule has 1 amide bonds. The number of aryl methyl sites for hydroxylation is 1. The number of amides is 1. The highest BCUT2D eigenvalue weighted by molar-refractivity contribution is 7.91. The standard InChI is InChI=1S/C23H25N3O4S/c1-2-17-8-10-20(11-9-17)30-15-23(27)24-22-14-21(18-6-4-3-5-7-18)25-26(22)19-12-13-31(28,29)16-19/h3-11,14,19H,2,12-13,15-16H2,1H3,(H,24,27)/t19-/m0/s1. The van der Waals surface area contributed by atoms with Gasteiger partial charge in [0.2, 0.25) is 0 Å². The number of hydrogen-bond acceptors (Lipinski definition) is 5. The molecule has 1 atom stereocenters. The quantitative estimate of drug-likeness (QED) is 0.609. The first kappa shape index (κ1) is 21.1. The number of aromatic nitrogens is 2. The lowest BCUT2D eigenvalue weighted by Crippen LogP contribution is -2.23. The number of benzene rings is 2. The van der Waals surface area contributed by atoms with E-state index in [1.54, 1.807) is 10.7 Å². The second-order valence-corrected chi connectivity index (χ2v) is 9.85. The smallest absolute Gasteiger partial charge is 0.263 e. The molecule has 0 saturated carbocycles. The fourth-order valence-corrected chi connectivity index (χ4v) is 5.33. The molecule has 8 heteroatoms. The van der Waals surface area contributed by atoms with Crippen LogP contribution >= 0.6 is 0 Å². The predicted molar refractivity (Wildman–Crippen MR) is 120 cm³/mol. The van der Waals surface area contributed by atoms with Crippen LogP contribution in [0.4, 0.5) is 5.82 Å². The molecule has 1 fully saturated rings. The monoisotopic (exact) mass is 439 g/mol. The molecule has 2 heterocycles. The van der Waals surface area contributed by atoms with Crippen LogP contribution in [0.15, 0.2) is 60.7 Å². The number of nitrogens with zero attached hydrogens (tertiary/aromatic N) is 2. The third-order valence-corrected chi connectivity index (χ3v) is 7.08. The van der Waals surface area contributed by atoms with Crippen LogP contribution in [-0.4, -0.2) is 42.2 Å². The molecule has 4 rings (SSSR count). The Balaban J connectivity index is 1.51. The third-order valence-electron chi connectivity index (χ3n) is 5.33. The fourth-order valence-electron chi connectivity index (χ4n) is 3.63. The molecule has 7 nitrogen and oxygen atoms in total. The highest BCUT2D eigenvalue weighted by Gasteiger charge is 2.31. The van der Waals surface area contributed by atoms with Crippen molar-refractivity contribution in [2.45, 2.75) is 25.8 Å². The molecule has 1 N–H and O–H groups in total. The largest absolute Gasteiger partial charge is 0.484 e. The lowest BCUT2D eigenvalue weighted by molar-refractivity contribution is -0.118. The van der Waals surface area contributed by atoms with Gasteiger partial charge in [0.1, 0.15) is 11.6 Å². The summed E-state index contributed by atoms with van der Waals surface area (Å²) in [5, 5.41) is 7.45. The van der Waals surface area contributed by atoms with Gasteiger partial charge in [0.15, 0.2) is 16.4 Å². The second-order valence-electron chi connectivity index (χ2n) is 7.62. The van der Waals surface area contributed by atoms with E-state index in [1.807, 2.05) is 54.6 Å². The molecule has 0 radical (unpaired) electrons. The fraction of sp³-hybridized carbons (Fsp3) is 0.304. The molecule has 162 valence electrons. The number of ether oxygens (including phenoxy) is 1. The number of anilines is 1.